The molecule has 0 bridgehead atoms. The lowest BCUT2D eigenvalue weighted by molar-refractivity contribution is -0.116. The van der Waals surface area contributed by atoms with E-state index in [1.807, 2.05) is 61.5 Å². The maximum Gasteiger partial charge on any atom is 0.226 e. The first-order valence-electron chi connectivity index (χ1n) is 13.6. The number of hydrogen-bond donors (Lipinski definition) is 2. The summed E-state index contributed by atoms with van der Waals surface area (Å²) in [4.78, 5) is 19.9. The minimum Gasteiger partial charge on any atom is -0.352 e. The molecule has 1 aliphatic rings. The molecule has 0 spiro atoms. The van der Waals surface area contributed by atoms with Crippen LogP contribution in [0.15, 0.2) is 72.9 Å². The number of nitrogens with zero attached hydrogens (tertiary/aromatic N) is 3. The Kier molecular flexibility index (Phi) is 8.24. The van der Waals surface area contributed by atoms with Gasteiger partial charge >= 0.3 is 0 Å². The highest BCUT2D eigenvalue weighted by atomic mass is 35.5. The molecule has 0 radical (unpaired) electrons. The zero-order chi connectivity index (χ0) is 28.4. The van der Waals surface area contributed by atoms with E-state index in [1.165, 1.54) is 0 Å². The second-order valence-corrected chi connectivity index (χ2v) is 11.0. The van der Waals surface area contributed by atoms with Gasteiger partial charge in [0.2, 0.25) is 5.91 Å². The van der Waals surface area contributed by atoms with E-state index in [0.29, 0.717) is 18.1 Å². The van der Waals surface area contributed by atoms with Crippen molar-refractivity contribution in [2.45, 2.75) is 52.6 Å². The summed E-state index contributed by atoms with van der Waals surface area (Å²) >= 11 is 12.4. The van der Waals surface area contributed by atoms with Crippen LogP contribution in [0.5, 0.6) is 0 Å². The van der Waals surface area contributed by atoms with Crippen molar-refractivity contribution in [3.8, 4) is 5.69 Å². The number of nitrogens with one attached hydrogen (secondary N) is 2. The van der Waals surface area contributed by atoms with Crippen molar-refractivity contribution >= 4 is 40.5 Å². The van der Waals surface area contributed by atoms with Gasteiger partial charge in [0, 0.05) is 46.9 Å². The lowest BCUT2D eigenvalue weighted by Crippen LogP contribution is -2.33. The van der Waals surface area contributed by atoms with Crippen LogP contribution in [0.3, 0.4) is 0 Å². The number of anilines is 1. The van der Waals surface area contributed by atoms with Crippen LogP contribution < -0.4 is 10.6 Å². The molecule has 1 saturated heterocycles. The van der Waals surface area contributed by atoms with Crippen molar-refractivity contribution in [2.24, 2.45) is 0 Å². The van der Waals surface area contributed by atoms with Crippen LogP contribution in [0, 0.1) is 20.8 Å². The molecular formula is C32H34ClN5OS. The number of rotatable bonds is 8. The number of thiocarbonyl (C=S) groups is 1. The number of halogens is 1. The topological polar surface area (TPSA) is 62.2 Å². The minimum absolute atomic E-state index is 0.0382. The third-order valence-corrected chi connectivity index (χ3v) is 8.48. The third kappa shape index (κ3) is 5.36. The molecule has 5 rings (SSSR count). The Bertz CT molecular complexity index is 1550. The van der Waals surface area contributed by atoms with Gasteiger partial charge in [0.1, 0.15) is 0 Å². The maximum atomic E-state index is 13.1. The fraction of sp³-hybridized carbons (Fsp3) is 0.281. The second-order valence-electron chi connectivity index (χ2n) is 10.2. The maximum absolute atomic E-state index is 13.1. The molecule has 0 saturated carbocycles. The summed E-state index contributed by atoms with van der Waals surface area (Å²) in [5.74, 6) is -0.0382. The number of benzene rings is 2. The van der Waals surface area contributed by atoms with Gasteiger partial charge in [-0.15, -0.1) is 0 Å². The highest BCUT2D eigenvalue weighted by Gasteiger charge is 2.41. The molecule has 2 aromatic carbocycles. The molecule has 2 N–H and O–H groups in total. The number of carbonyl (C=O) groups is 1. The van der Waals surface area contributed by atoms with E-state index in [0.717, 1.165) is 56.6 Å². The zero-order valence-electron chi connectivity index (χ0n) is 23.2. The molecule has 1 fully saturated rings. The highest BCUT2D eigenvalue weighted by molar-refractivity contribution is 7.80. The molecule has 1 aliphatic heterocycles. The number of aromatic nitrogens is 2. The Labute approximate surface area is 246 Å². The zero-order valence-corrected chi connectivity index (χ0v) is 24.8. The minimum atomic E-state index is -0.160. The normalized spacial score (nSPS) is 16.7. The standard InChI is InChI=1S/C32H34ClN5OS/c1-5-23-11-6-7-13-26(23)35-29(39)16-18-37-31(30(36-32(37)40)27-14-8-9-17-34-27)24-19-20(2)38(22(24)4)28-15-10-12-25(33)21(28)3/h6-15,17,19,30-31H,5,16,18H2,1-4H3,(H,35,39)(H,36,40)/t30-,31-/m1/s1. The number of carbonyl (C=O) groups excluding carboxylic acids is 1. The van der Waals surface area contributed by atoms with E-state index < -0.39 is 0 Å². The van der Waals surface area contributed by atoms with Crippen molar-refractivity contribution in [3.05, 3.63) is 112 Å². The van der Waals surface area contributed by atoms with Gasteiger partial charge in [-0.1, -0.05) is 48.9 Å². The summed E-state index contributed by atoms with van der Waals surface area (Å²) in [5.41, 5.74) is 8.30. The molecule has 2 aromatic heterocycles. The van der Waals surface area contributed by atoms with Crippen LogP contribution in [-0.4, -0.2) is 32.0 Å². The van der Waals surface area contributed by atoms with Gasteiger partial charge in [0.05, 0.1) is 17.8 Å². The average molecular weight is 572 g/mol. The largest absolute Gasteiger partial charge is 0.352 e. The molecule has 6 nitrogen and oxygen atoms in total. The summed E-state index contributed by atoms with van der Waals surface area (Å²) in [7, 11) is 0. The Morgan fingerprint density at radius 1 is 1.07 bits per heavy atom. The van der Waals surface area contributed by atoms with Gasteiger partial charge in [0.15, 0.2) is 5.11 Å². The Morgan fingerprint density at radius 2 is 1.85 bits per heavy atom. The van der Waals surface area contributed by atoms with E-state index in [1.54, 1.807) is 6.20 Å². The summed E-state index contributed by atoms with van der Waals surface area (Å²) in [6.07, 6.45) is 2.96. The Morgan fingerprint density at radius 3 is 2.60 bits per heavy atom. The Balaban J connectivity index is 1.49. The lowest BCUT2D eigenvalue weighted by atomic mass is 9.96. The summed E-state index contributed by atoms with van der Waals surface area (Å²) < 4.78 is 2.25. The van der Waals surface area contributed by atoms with Crippen molar-refractivity contribution in [2.75, 3.05) is 11.9 Å². The van der Waals surface area contributed by atoms with Gasteiger partial charge in [-0.3, -0.25) is 9.78 Å². The molecule has 0 aliphatic carbocycles. The molecule has 0 unspecified atom stereocenters. The summed E-state index contributed by atoms with van der Waals surface area (Å²) in [6, 6.07) is 21.8. The third-order valence-electron chi connectivity index (χ3n) is 7.72. The number of aryl methyl sites for hydroxylation is 2. The first kappa shape index (κ1) is 27.9. The van der Waals surface area contributed by atoms with E-state index in [2.05, 4.69) is 58.0 Å². The van der Waals surface area contributed by atoms with Crippen LogP contribution in [0.25, 0.3) is 5.69 Å². The Hall–Kier alpha value is -3.68. The first-order chi connectivity index (χ1) is 19.3. The number of amides is 1. The SMILES string of the molecule is CCc1ccccc1NC(=O)CCN1C(=S)N[C@H](c2ccccn2)[C@H]1c1cc(C)n(-c2cccc(Cl)c2C)c1C. The predicted molar refractivity (Wildman–Crippen MR) is 166 cm³/mol. The summed E-state index contributed by atoms with van der Waals surface area (Å²) in [5, 5.41) is 7.96. The number of hydrogen-bond acceptors (Lipinski definition) is 3. The van der Waals surface area contributed by atoms with Gasteiger partial charge in [-0.2, -0.15) is 0 Å². The molecular weight excluding hydrogens is 538 g/mol. The van der Waals surface area contributed by atoms with Gasteiger partial charge in [-0.25, -0.2) is 0 Å². The van der Waals surface area contributed by atoms with Crippen molar-refractivity contribution in [1.82, 2.24) is 19.8 Å². The van der Waals surface area contributed by atoms with Crippen LogP contribution in [-0.2, 0) is 11.2 Å². The van der Waals surface area contributed by atoms with E-state index in [4.69, 9.17) is 23.8 Å². The summed E-state index contributed by atoms with van der Waals surface area (Å²) in [6.45, 7) is 8.84. The quantitative estimate of drug-likeness (QED) is 0.223. The smallest absolute Gasteiger partial charge is 0.226 e. The van der Waals surface area contributed by atoms with Crippen molar-refractivity contribution in [3.63, 3.8) is 0 Å². The fourth-order valence-electron chi connectivity index (χ4n) is 5.67. The van der Waals surface area contributed by atoms with Crippen LogP contribution in [0.1, 0.15) is 59.2 Å². The average Bonchev–Trinajstić information content (AvgIpc) is 3.44. The van der Waals surface area contributed by atoms with E-state index in [-0.39, 0.29) is 18.0 Å². The fourth-order valence-corrected chi connectivity index (χ4v) is 6.17. The molecule has 1 amide bonds. The van der Waals surface area contributed by atoms with Crippen LogP contribution in [0.2, 0.25) is 5.02 Å². The highest BCUT2D eigenvalue weighted by Crippen LogP contribution is 2.42. The van der Waals surface area contributed by atoms with Crippen molar-refractivity contribution in [1.29, 1.82) is 0 Å². The van der Waals surface area contributed by atoms with Gasteiger partial charge < -0.3 is 20.1 Å². The molecule has 4 aromatic rings. The molecule has 206 valence electrons. The second kappa shape index (κ2) is 11.8. The van der Waals surface area contributed by atoms with Crippen LogP contribution >= 0.6 is 23.8 Å². The molecule has 3 heterocycles. The van der Waals surface area contributed by atoms with E-state index in [9.17, 15) is 4.79 Å². The van der Waals surface area contributed by atoms with Crippen molar-refractivity contribution < 1.29 is 4.79 Å². The van der Waals surface area contributed by atoms with E-state index >= 15 is 0 Å². The lowest BCUT2D eigenvalue weighted by Gasteiger charge is -2.28. The predicted octanol–water partition coefficient (Wildman–Crippen LogP) is 7.01. The van der Waals surface area contributed by atoms with Crippen LogP contribution in [0.4, 0.5) is 5.69 Å². The first-order valence-corrected chi connectivity index (χ1v) is 14.4. The van der Waals surface area contributed by atoms with Gasteiger partial charge in [0.25, 0.3) is 0 Å². The molecule has 40 heavy (non-hydrogen) atoms. The number of para-hydroxylation sites is 1. The number of pyridine rings is 1. The molecule has 8 heteroatoms. The monoisotopic (exact) mass is 571 g/mol. The molecule has 2 atom stereocenters. The van der Waals surface area contributed by atoms with Gasteiger partial charge in [-0.05, 0) is 92.5 Å².